The minimum absolute atomic E-state index is 0.0593. The smallest absolute Gasteiger partial charge is 0.290 e. The minimum Gasteiger partial charge on any atom is -0.543 e. The molecule has 0 saturated carbocycles. The lowest BCUT2D eigenvalue weighted by Crippen LogP contribution is -2.71. The number of thioether (sulfide) groups is 1. The predicted octanol–water partition coefficient (Wildman–Crippen LogP) is -0.338. The van der Waals surface area contributed by atoms with Crippen molar-refractivity contribution in [1.82, 2.24) is 20.1 Å². The summed E-state index contributed by atoms with van der Waals surface area (Å²) in [5.74, 6) is -2.70. The third-order valence-corrected chi connectivity index (χ3v) is 9.82. The molecular formula is C31H29N7O7S2. The number of nitrogens with two attached hydrogens (primary N) is 1. The number of β-lactam (4-membered cyclic amide) rings is 1. The molecule has 0 spiro atoms. The van der Waals surface area contributed by atoms with Crippen LogP contribution in [0.3, 0.4) is 0 Å². The average molecular weight is 676 g/mol. The second kappa shape index (κ2) is 13.3. The van der Waals surface area contributed by atoms with E-state index in [-0.39, 0.29) is 42.0 Å². The molecule has 4 amide bonds. The Kier molecular flexibility index (Phi) is 8.95. The first-order valence-electron chi connectivity index (χ1n) is 14.5. The standard InChI is InChI=1S/C31H29N7O7S2/c32-31-34-21(16-47-31)12-23(40)35-25-28(43)38-26(30(44)45)19(15-46-29(25)38)11-18-7-10-37(27(18)42)13-17-5-8-36(9-6-17)14-24(41)33-20-1-3-22(39)4-2-20/h1-6,8-9,11,16,25,29H,7,10,12-15H2,(H5-,32,33,34,35,39,40,41,44,45)/b18-11+/t25-,29-/m1/s1. The molecule has 3 aliphatic heterocycles. The molecule has 0 bridgehead atoms. The van der Waals surface area contributed by atoms with Gasteiger partial charge in [-0.25, -0.2) is 4.98 Å². The van der Waals surface area contributed by atoms with Crippen molar-refractivity contribution >= 4 is 63.5 Å². The molecule has 0 radical (unpaired) electrons. The maximum Gasteiger partial charge on any atom is 0.290 e. The molecule has 242 valence electrons. The molecule has 2 aromatic heterocycles. The van der Waals surface area contributed by atoms with Gasteiger partial charge in [-0.1, -0.05) is 0 Å². The highest BCUT2D eigenvalue weighted by Gasteiger charge is 2.52. The van der Waals surface area contributed by atoms with Crippen LogP contribution in [0.4, 0.5) is 10.8 Å². The molecule has 5 heterocycles. The van der Waals surface area contributed by atoms with Crippen molar-refractivity contribution in [3.05, 3.63) is 88.3 Å². The van der Waals surface area contributed by atoms with Crippen LogP contribution in [-0.2, 0) is 43.5 Å². The summed E-state index contributed by atoms with van der Waals surface area (Å²) in [6.45, 7) is 0.819. The van der Waals surface area contributed by atoms with Gasteiger partial charge in [0.25, 0.3) is 11.8 Å². The lowest BCUT2D eigenvalue weighted by atomic mass is 10.0. The summed E-state index contributed by atoms with van der Waals surface area (Å²) in [7, 11) is 0. The number of benzene rings is 1. The molecule has 6 rings (SSSR count). The number of aromatic hydroxyl groups is 1. The minimum atomic E-state index is -1.53. The number of rotatable bonds is 10. The molecule has 3 aliphatic rings. The van der Waals surface area contributed by atoms with Crippen LogP contribution in [0.5, 0.6) is 5.75 Å². The number of anilines is 2. The Morgan fingerprint density at radius 3 is 2.55 bits per heavy atom. The molecular weight excluding hydrogens is 647 g/mol. The number of aromatic nitrogens is 2. The van der Waals surface area contributed by atoms with E-state index in [2.05, 4.69) is 15.6 Å². The maximum absolute atomic E-state index is 13.3. The molecule has 0 aliphatic carbocycles. The van der Waals surface area contributed by atoms with E-state index in [0.29, 0.717) is 47.2 Å². The number of aliphatic carboxylic acids is 1. The largest absolute Gasteiger partial charge is 0.543 e. The zero-order valence-electron chi connectivity index (χ0n) is 24.8. The molecule has 2 saturated heterocycles. The number of likely N-dealkylation sites (tertiary alicyclic amines) is 1. The Labute approximate surface area is 276 Å². The highest BCUT2D eigenvalue weighted by molar-refractivity contribution is 8.00. The molecule has 2 fully saturated rings. The van der Waals surface area contributed by atoms with Crippen LogP contribution >= 0.6 is 23.1 Å². The number of phenolic OH excluding ortho intramolecular Hbond substituents is 1. The van der Waals surface area contributed by atoms with Crippen molar-refractivity contribution in [2.24, 2.45) is 0 Å². The van der Waals surface area contributed by atoms with Gasteiger partial charge in [0, 0.05) is 47.6 Å². The van der Waals surface area contributed by atoms with E-state index in [0.717, 1.165) is 10.5 Å². The van der Waals surface area contributed by atoms with Gasteiger partial charge >= 0.3 is 0 Å². The van der Waals surface area contributed by atoms with Crippen LogP contribution in [0.1, 0.15) is 17.7 Å². The van der Waals surface area contributed by atoms with Crippen molar-refractivity contribution in [2.75, 3.05) is 23.3 Å². The van der Waals surface area contributed by atoms with E-state index in [4.69, 9.17) is 5.73 Å². The Bertz CT molecular complexity index is 1820. The topological polar surface area (TPSA) is 202 Å². The Morgan fingerprint density at radius 1 is 1.13 bits per heavy atom. The number of fused-ring (bicyclic) bond motifs is 1. The Morgan fingerprint density at radius 2 is 1.87 bits per heavy atom. The number of phenols is 1. The first-order valence-corrected chi connectivity index (χ1v) is 16.4. The lowest BCUT2D eigenvalue weighted by molar-refractivity contribution is -0.684. The van der Waals surface area contributed by atoms with Crippen molar-refractivity contribution in [3.63, 3.8) is 0 Å². The molecule has 0 unspecified atom stereocenters. The fourth-order valence-corrected chi connectivity index (χ4v) is 7.40. The summed E-state index contributed by atoms with van der Waals surface area (Å²) < 4.78 is 1.70. The van der Waals surface area contributed by atoms with Crippen LogP contribution in [-0.4, -0.2) is 73.2 Å². The lowest BCUT2D eigenvalue weighted by Gasteiger charge is -2.50. The summed E-state index contributed by atoms with van der Waals surface area (Å²) in [6.07, 6.45) is 5.36. The molecule has 14 nitrogen and oxygen atoms in total. The molecule has 47 heavy (non-hydrogen) atoms. The zero-order valence-corrected chi connectivity index (χ0v) is 26.4. The molecule has 5 N–H and O–H groups in total. The monoisotopic (exact) mass is 675 g/mol. The normalized spacial score (nSPS) is 19.9. The van der Waals surface area contributed by atoms with Gasteiger partial charge < -0.3 is 36.3 Å². The number of hydrogen-bond acceptors (Lipinski definition) is 11. The van der Waals surface area contributed by atoms with Crippen molar-refractivity contribution < 1.29 is 38.8 Å². The summed E-state index contributed by atoms with van der Waals surface area (Å²) in [5.41, 5.74) is 7.93. The number of carboxylic acid groups (broad SMARTS) is 1. The summed E-state index contributed by atoms with van der Waals surface area (Å²) in [6, 6.07) is 8.90. The van der Waals surface area contributed by atoms with Crippen molar-refractivity contribution in [1.29, 1.82) is 0 Å². The van der Waals surface area contributed by atoms with Gasteiger partial charge in [0.1, 0.15) is 17.2 Å². The van der Waals surface area contributed by atoms with Gasteiger partial charge in [0.15, 0.2) is 17.5 Å². The van der Waals surface area contributed by atoms with Crippen molar-refractivity contribution in [3.8, 4) is 5.75 Å². The summed E-state index contributed by atoms with van der Waals surface area (Å²) in [5, 5.41) is 28.4. The van der Waals surface area contributed by atoms with Gasteiger partial charge in [-0.05, 0) is 47.9 Å². The number of pyridine rings is 1. The van der Waals surface area contributed by atoms with Gasteiger partial charge in [0.2, 0.25) is 18.4 Å². The number of allylic oxidation sites excluding steroid dienone is 1. The zero-order chi connectivity index (χ0) is 33.2. The quantitative estimate of drug-likeness (QED) is 0.0954. The Balaban J connectivity index is 1.06. The second-order valence-electron chi connectivity index (χ2n) is 11.1. The van der Waals surface area contributed by atoms with Crippen LogP contribution in [0.2, 0.25) is 0 Å². The first kappa shape index (κ1) is 31.7. The van der Waals surface area contributed by atoms with E-state index < -0.39 is 29.2 Å². The fourth-order valence-electron chi connectivity index (χ4n) is 5.53. The molecule has 16 heteroatoms. The van der Waals surface area contributed by atoms with Crippen molar-refractivity contribution in [2.45, 2.75) is 37.3 Å². The van der Waals surface area contributed by atoms with Gasteiger partial charge in [-0.2, -0.15) is 4.57 Å². The van der Waals surface area contributed by atoms with Crippen LogP contribution in [0.25, 0.3) is 0 Å². The van der Waals surface area contributed by atoms with Gasteiger partial charge in [0.05, 0.1) is 23.8 Å². The van der Waals surface area contributed by atoms with E-state index in [9.17, 15) is 34.2 Å². The van der Waals surface area contributed by atoms with E-state index >= 15 is 0 Å². The Hall–Kier alpha value is -5.22. The fraction of sp³-hybridized carbons (Fsp3) is 0.258. The predicted molar refractivity (Wildman–Crippen MR) is 169 cm³/mol. The second-order valence-corrected chi connectivity index (χ2v) is 13.1. The third-order valence-electron chi connectivity index (χ3n) is 7.79. The number of nitrogens with zero attached hydrogens (tertiary/aromatic N) is 4. The highest BCUT2D eigenvalue weighted by Crippen LogP contribution is 2.41. The number of amides is 4. The van der Waals surface area contributed by atoms with E-state index in [1.807, 2.05) is 12.1 Å². The maximum atomic E-state index is 13.3. The van der Waals surface area contributed by atoms with E-state index in [1.165, 1.54) is 41.3 Å². The average Bonchev–Trinajstić information content (AvgIpc) is 3.61. The van der Waals surface area contributed by atoms with Gasteiger partial charge in [-0.3, -0.25) is 24.1 Å². The van der Waals surface area contributed by atoms with Crippen LogP contribution in [0.15, 0.2) is 77.1 Å². The summed E-state index contributed by atoms with van der Waals surface area (Å²) >= 11 is 2.50. The number of carboxylic acids is 1. The molecule has 1 aromatic carbocycles. The number of thiazole rings is 1. The van der Waals surface area contributed by atoms with E-state index in [1.54, 1.807) is 39.4 Å². The highest BCUT2D eigenvalue weighted by atomic mass is 32.2. The van der Waals surface area contributed by atoms with Crippen LogP contribution < -0.4 is 26.0 Å². The number of hydrogen-bond donors (Lipinski definition) is 4. The number of nitrogen functional groups attached to an aromatic ring is 1. The molecule has 3 aromatic rings. The third kappa shape index (κ3) is 6.97. The number of nitrogens with one attached hydrogen (secondary N) is 2. The van der Waals surface area contributed by atoms with Crippen LogP contribution in [0, 0.1) is 0 Å². The first-order chi connectivity index (χ1) is 22.5. The SMILES string of the molecule is Nc1nc(CC(=O)N[C@@H]2C(=O)N3C(C(=O)[O-])=C(/C=C4\CCN(Cc5cc[n+](CC(=O)Nc6ccc(O)cc6)cc5)C4=O)CS[C@H]23)cs1. The number of carbonyl (C=O) groups is 5. The van der Waals surface area contributed by atoms with Gasteiger partial charge in [-0.15, -0.1) is 23.1 Å². The summed E-state index contributed by atoms with van der Waals surface area (Å²) in [4.78, 5) is 70.1. The molecule has 2 atom stereocenters. The number of carbonyl (C=O) groups excluding carboxylic acids is 5.